The first-order valence-electron chi connectivity index (χ1n) is 3.34. The van der Waals surface area contributed by atoms with Crippen molar-refractivity contribution < 1.29 is 0 Å². The minimum atomic E-state index is 0.655. The van der Waals surface area contributed by atoms with Crippen LogP contribution in [0.2, 0.25) is 0 Å². The largest absolute Gasteiger partial charge is 0.383 e. The topological polar surface area (TPSA) is 56.2 Å². The Balaban J connectivity index is 2.92. The van der Waals surface area contributed by atoms with Gasteiger partial charge in [-0.15, -0.1) is 0 Å². The van der Waals surface area contributed by atoms with Crippen molar-refractivity contribution in [2.45, 2.75) is 6.92 Å². The van der Waals surface area contributed by atoms with Crippen LogP contribution in [0.15, 0.2) is 18.5 Å². The molecule has 0 radical (unpaired) electrons. The second kappa shape index (κ2) is 1.95. The molecule has 0 amide bonds. The molecule has 2 N–H and O–H groups in total. The van der Waals surface area contributed by atoms with E-state index in [2.05, 4.69) is 9.97 Å². The van der Waals surface area contributed by atoms with Crippen LogP contribution in [0.5, 0.6) is 0 Å². The minimum Gasteiger partial charge on any atom is -0.383 e. The maximum atomic E-state index is 5.70. The predicted molar refractivity (Wildman–Crippen MR) is 42.1 cm³/mol. The van der Waals surface area contributed by atoms with Gasteiger partial charge < -0.3 is 5.73 Å². The maximum absolute atomic E-state index is 5.70. The molecule has 2 rings (SSSR count). The molecule has 0 unspecified atom stereocenters. The molecule has 11 heavy (non-hydrogen) atoms. The molecule has 4 heteroatoms. The van der Waals surface area contributed by atoms with E-state index >= 15 is 0 Å². The number of nitrogens with two attached hydrogens (primary N) is 1. The lowest BCUT2D eigenvalue weighted by Crippen LogP contribution is -1.93. The molecule has 4 nitrogen and oxygen atoms in total. The Bertz CT molecular complexity index is 390. The van der Waals surface area contributed by atoms with E-state index in [0.717, 1.165) is 5.69 Å². The molecular weight excluding hydrogens is 140 g/mol. The number of aryl methyl sites for hydroxylation is 1. The maximum Gasteiger partial charge on any atom is 0.235 e. The molecule has 2 aromatic heterocycles. The van der Waals surface area contributed by atoms with Crippen molar-refractivity contribution in [3.8, 4) is 0 Å². The zero-order valence-corrected chi connectivity index (χ0v) is 6.15. The first-order valence-corrected chi connectivity index (χ1v) is 3.34. The molecule has 0 saturated carbocycles. The van der Waals surface area contributed by atoms with Crippen LogP contribution in [0.1, 0.15) is 5.69 Å². The number of imidazole rings is 1. The Labute approximate surface area is 63.7 Å². The average Bonchev–Trinajstić information content (AvgIpc) is 2.30. The van der Waals surface area contributed by atoms with E-state index in [4.69, 9.17) is 5.73 Å². The third-order valence-corrected chi connectivity index (χ3v) is 1.62. The Kier molecular flexibility index (Phi) is 1.09. The first-order chi connectivity index (χ1) is 5.29. The summed E-state index contributed by atoms with van der Waals surface area (Å²) in [5.74, 6) is 1.32. The van der Waals surface area contributed by atoms with Gasteiger partial charge in [0, 0.05) is 12.4 Å². The number of anilines is 1. The monoisotopic (exact) mass is 148 g/mol. The van der Waals surface area contributed by atoms with Crippen LogP contribution in [0.4, 0.5) is 5.82 Å². The highest BCUT2D eigenvalue weighted by atomic mass is 15.1. The lowest BCUT2D eigenvalue weighted by Gasteiger charge is -1.91. The molecule has 0 bridgehead atoms. The number of hydrogen-bond donors (Lipinski definition) is 1. The van der Waals surface area contributed by atoms with Gasteiger partial charge in [-0.05, 0) is 13.0 Å². The smallest absolute Gasteiger partial charge is 0.235 e. The van der Waals surface area contributed by atoms with Crippen LogP contribution < -0.4 is 5.73 Å². The summed E-state index contributed by atoms with van der Waals surface area (Å²) < 4.78 is 1.76. The minimum absolute atomic E-state index is 0.655. The van der Waals surface area contributed by atoms with E-state index in [-0.39, 0.29) is 0 Å². The third-order valence-electron chi connectivity index (χ3n) is 1.62. The van der Waals surface area contributed by atoms with E-state index in [1.807, 2.05) is 19.2 Å². The van der Waals surface area contributed by atoms with Crippen molar-refractivity contribution in [2.24, 2.45) is 0 Å². The second-order valence-electron chi connectivity index (χ2n) is 2.37. The molecule has 0 aliphatic carbocycles. The van der Waals surface area contributed by atoms with Crippen molar-refractivity contribution >= 4 is 11.6 Å². The molecule has 2 aromatic rings. The van der Waals surface area contributed by atoms with Crippen molar-refractivity contribution in [3.63, 3.8) is 0 Å². The van der Waals surface area contributed by atoms with Crippen molar-refractivity contribution in [3.05, 3.63) is 24.2 Å². The number of rotatable bonds is 0. The molecule has 0 spiro atoms. The number of fused-ring (bicyclic) bond motifs is 1. The fourth-order valence-corrected chi connectivity index (χ4v) is 1.02. The summed E-state index contributed by atoms with van der Waals surface area (Å²) in [6.45, 7) is 1.87. The van der Waals surface area contributed by atoms with Gasteiger partial charge in [0.2, 0.25) is 5.78 Å². The van der Waals surface area contributed by atoms with Gasteiger partial charge in [0.05, 0.1) is 5.69 Å². The van der Waals surface area contributed by atoms with Crippen molar-refractivity contribution in [2.75, 3.05) is 5.73 Å². The summed E-state index contributed by atoms with van der Waals surface area (Å²) in [6, 6.07) is 1.82. The summed E-state index contributed by atoms with van der Waals surface area (Å²) in [6.07, 6.45) is 3.54. The average molecular weight is 148 g/mol. The summed E-state index contributed by atoms with van der Waals surface area (Å²) in [5.41, 5.74) is 6.52. The fraction of sp³-hybridized carbons (Fsp3) is 0.143. The van der Waals surface area contributed by atoms with Gasteiger partial charge in [-0.3, -0.25) is 4.40 Å². The van der Waals surface area contributed by atoms with Gasteiger partial charge in [-0.1, -0.05) is 0 Å². The van der Waals surface area contributed by atoms with Gasteiger partial charge in [0.25, 0.3) is 0 Å². The molecule has 0 aliphatic heterocycles. The van der Waals surface area contributed by atoms with Crippen LogP contribution in [0.3, 0.4) is 0 Å². The lowest BCUT2D eigenvalue weighted by atomic mass is 10.5. The molecule has 56 valence electrons. The fourth-order valence-electron chi connectivity index (χ4n) is 1.02. The quantitative estimate of drug-likeness (QED) is 0.595. The van der Waals surface area contributed by atoms with E-state index in [9.17, 15) is 0 Å². The summed E-state index contributed by atoms with van der Waals surface area (Å²) in [7, 11) is 0. The van der Waals surface area contributed by atoms with E-state index in [1.165, 1.54) is 0 Å². The summed E-state index contributed by atoms with van der Waals surface area (Å²) in [5, 5.41) is 0. The van der Waals surface area contributed by atoms with Gasteiger partial charge in [-0.2, -0.15) is 0 Å². The Morgan fingerprint density at radius 2 is 2.36 bits per heavy atom. The Morgan fingerprint density at radius 1 is 1.55 bits per heavy atom. The van der Waals surface area contributed by atoms with E-state index in [0.29, 0.717) is 11.6 Å². The normalized spacial score (nSPS) is 10.6. The molecule has 0 atom stereocenters. The van der Waals surface area contributed by atoms with Gasteiger partial charge in [-0.25, -0.2) is 9.97 Å². The van der Waals surface area contributed by atoms with Crippen LogP contribution in [-0.4, -0.2) is 14.4 Å². The molecule has 0 aliphatic rings. The molecular formula is C7H8N4. The van der Waals surface area contributed by atoms with Gasteiger partial charge >= 0.3 is 0 Å². The molecule has 0 fully saturated rings. The molecule has 0 aromatic carbocycles. The highest BCUT2D eigenvalue weighted by molar-refractivity contribution is 5.47. The predicted octanol–water partition coefficient (Wildman–Crippen LogP) is 0.620. The molecule has 2 heterocycles. The summed E-state index contributed by atoms with van der Waals surface area (Å²) in [4.78, 5) is 8.17. The Hall–Kier alpha value is -1.58. The van der Waals surface area contributed by atoms with Gasteiger partial charge in [0.15, 0.2) is 0 Å². The zero-order chi connectivity index (χ0) is 7.84. The van der Waals surface area contributed by atoms with Crippen molar-refractivity contribution in [1.29, 1.82) is 0 Å². The van der Waals surface area contributed by atoms with Crippen molar-refractivity contribution in [1.82, 2.24) is 14.4 Å². The van der Waals surface area contributed by atoms with E-state index in [1.54, 1.807) is 10.6 Å². The second-order valence-corrected chi connectivity index (χ2v) is 2.37. The SMILES string of the molecule is Cc1nc2ncccn2c1N. The molecule has 0 saturated heterocycles. The Morgan fingerprint density at radius 3 is 3.09 bits per heavy atom. The van der Waals surface area contributed by atoms with Crippen LogP contribution in [0, 0.1) is 6.92 Å². The lowest BCUT2D eigenvalue weighted by molar-refractivity contribution is 1.12. The van der Waals surface area contributed by atoms with Crippen LogP contribution in [0.25, 0.3) is 5.78 Å². The first kappa shape index (κ1) is 6.15. The highest BCUT2D eigenvalue weighted by Gasteiger charge is 2.02. The number of nitrogen functional groups attached to an aromatic ring is 1. The number of aromatic nitrogens is 3. The zero-order valence-electron chi connectivity index (χ0n) is 6.15. The number of nitrogens with zero attached hydrogens (tertiary/aromatic N) is 3. The van der Waals surface area contributed by atoms with E-state index < -0.39 is 0 Å². The standard InChI is InChI=1S/C7H8N4/c1-5-6(8)11-4-2-3-9-7(11)10-5/h2-4H,8H2,1H3. The van der Waals surface area contributed by atoms with Crippen LogP contribution >= 0.6 is 0 Å². The highest BCUT2D eigenvalue weighted by Crippen LogP contribution is 2.10. The van der Waals surface area contributed by atoms with Crippen LogP contribution in [-0.2, 0) is 0 Å². The number of hydrogen-bond acceptors (Lipinski definition) is 3. The third kappa shape index (κ3) is 0.756. The summed E-state index contributed by atoms with van der Waals surface area (Å²) >= 11 is 0. The van der Waals surface area contributed by atoms with Gasteiger partial charge in [0.1, 0.15) is 5.82 Å².